The van der Waals surface area contributed by atoms with Crippen LogP contribution in [0.25, 0.3) is 0 Å². The van der Waals surface area contributed by atoms with Crippen molar-refractivity contribution in [2.45, 2.75) is 39.8 Å². The molecule has 0 aliphatic carbocycles. The second-order valence-corrected chi connectivity index (χ2v) is 7.82. The van der Waals surface area contributed by atoms with Gasteiger partial charge in [-0.2, -0.15) is 0 Å². The molecule has 2 atom stereocenters. The maximum atomic E-state index is 12.4. The third kappa shape index (κ3) is 4.68. The van der Waals surface area contributed by atoms with E-state index < -0.39 is 12.1 Å². The van der Waals surface area contributed by atoms with E-state index in [2.05, 4.69) is 5.32 Å². The Hall–Kier alpha value is -2.64. The maximum absolute atomic E-state index is 12.4. The third-order valence-electron chi connectivity index (χ3n) is 4.99. The smallest absolute Gasteiger partial charge is 0.259 e. The summed E-state index contributed by atoms with van der Waals surface area (Å²) in [6.07, 6.45) is -0.417. The van der Waals surface area contributed by atoms with Crippen molar-refractivity contribution in [2.24, 2.45) is 5.92 Å². The molecule has 1 fully saturated rings. The summed E-state index contributed by atoms with van der Waals surface area (Å²) in [7, 11) is 0. The van der Waals surface area contributed by atoms with E-state index in [4.69, 9.17) is 9.15 Å². The number of carbonyl (C=O) groups excluding carboxylic acids is 2. The molecule has 2 unspecified atom stereocenters. The summed E-state index contributed by atoms with van der Waals surface area (Å²) in [4.78, 5) is 26.4. The van der Waals surface area contributed by atoms with Crippen LogP contribution in [0.2, 0.25) is 0 Å². The number of hydrogen-bond donors (Lipinski definition) is 2. The van der Waals surface area contributed by atoms with Gasteiger partial charge >= 0.3 is 0 Å². The molecule has 2 amide bonds. The van der Waals surface area contributed by atoms with E-state index in [1.165, 1.54) is 0 Å². The lowest BCUT2D eigenvalue weighted by atomic mass is 9.98. The predicted octanol–water partition coefficient (Wildman–Crippen LogP) is 3.07. The summed E-state index contributed by atoms with van der Waals surface area (Å²) in [5, 5.41) is 12.8. The van der Waals surface area contributed by atoms with Gasteiger partial charge in [-0.25, -0.2) is 0 Å². The van der Waals surface area contributed by atoms with Gasteiger partial charge in [0.15, 0.2) is 0 Å². The Balaban J connectivity index is 1.74. The van der Waals surface area contributed by atoms with Crippen LogP contribution < -0.4 is 5.32 Å². The number of aryl methyl sites for hydroxylation is 2. The van der Waals surface area contributed by atoms with Gasteiger partial charge in [-0.05, 0) is 43.5 Å². The Bertz CT molecular complexity index is 872. The molecule has 2 N–H and O–H groups in total. The van der Waals surface area contributed by atoms with E-state index in [1.54, 1.807) is 36.9 Å². The van der Waals surface area contributed by atoms with E-state index in [0.717, 1.165) is 5.56 Å². The number of carbonyl (C=O) groups is 2. The van der Waals surface area contributed by atoms with Crippen molar-refractivity contribution in [3.05, 3.63) is 53.0 Å². The lowest BCUT2D eigenvalue weighted by Gasteiger charge is -2.41. The Morgan fingerprint density at radius 3 is 2.52 bits per heavy atom. The van der Waals surface area contributed by atoms with Crippen molar-refractivity contribution in [3.8, 4) is 0 Å². The average Bonchev–Trinajstić information content (AvgIpc) is 3.02. The van der Waals surface area contributed by atoms with Gasteiger partial charge in [-0.15, -0.1) is 0 Å². The second-order valence-electron chi connectivity index (χ2n) is 7.82. The standard InChI is InChI=1S/C22H28N2O5/c1-13(2)10-24-19(11-25)21(28-12-20(24)26)16-5-7-17(8-6-16)23-22(27)18-9-14(3)29-15(18)4/h5-9,13,19,21,25H,10-12H2,1-4H3,(H,23,27). The van der Waals surface area contributed by atoms with Gasteiger partial charge in [0.25, 0.3) is 5.91 Å². The van der Waals surface area contributed by atoms with Gasteiger partial charge in [0.05, 0.1) is 18.2 Å². The number of ether oxygens (including phenoxy) is 1. The molecule has 0 spiro atoms. The van der Waals surface area contributed by atoms with Crippen LogP contribution in [0.3, 0.4) is 0 Å². The molecule has 0 radical (unpaired) electrons. The molecule has 156 valence electrons. The SMILES string of the molecule is Cc1cc(C(=O)Nc2ccc(C3OCC(=O)N(CC(C)C)C3CO)cc2)c(C)o1. The molecular formula is C22H28N2O5. The zero-order valence-corrected chi connectivity index (χ0v) is 17.3. The van der Waals surface area contributed by atoms with Crippen LogP contribution in [0.5, 0.6) is 0 Å². The fourth-order valence-corrected chi connectivity index (χ4v) is 3.66. The zero-order valence-electron chi connectivity index (χ0n) is 17.3. The molecule has 1 aliphatic heterocycles. The number of anilines is 1. The molecule has 29 heavy (non-hydrogen) atoms. The Labute approximate surface area is 170 Å². The van der Waals surface area contributed by atoms with Crippen molar-refractivity contribution >= 4 is 17.5 Å². The first-order valence-corrected chi connectivity index (χ1v) is 9.80. The van der Waals surface area contributed by atoms with E-state index in [1.807, 2.05) is 26.0 Å². The van der Waals surface area contributed by atoms with Crippen molar-refractivity contribution in [1.82, 2.24) is 4.90 Å². The van der Waals surface area contributed by atoms with Crippen LogP contribution in [0.1, 0.15) is 47.4 Å². The molecule has 1 aromatic carbocycles. The van der Waals surface area contributed by atoms with Gasteiger partial charge in [-0.1, -0.05) is 26.0 Å². The summed E-state index contributed by atoms with van der Waals surface area (Å²) in [5.41, 5.74) is 1.99. The Kier molecular flexibility index (Phi) is 6.39. The highest BCUT2D eigenvalue weighted by Crippen LogP contribution is 2.30. The first-order chi connectivity index (χ1) is 13.8. The van der Waals surface area contributed by atoms with Crippen molar-refractivity contribution in [1.29, 1.82) is 0 Å². The predicted molar refractivity (Wildman–Crippen MR) is 109 cm³/mol. The molecule has 7 nitrogen and oxygen atoms in total. The van der Waals surface area contributed by atoms with Crippen LogP contribution in [0, 0.1) is 19.8 Å². The van der Waals surface area contributed by atoms with Gasteiger partial charge in [0.1, 0.15) is 24.2 Å². The highest BCUT2D eigenvalue weighted by Gasteiger charge is 2.37. The number of amides is 2. The second kappa shape index (κ2) is 8.80. The Morgan fingerprint density at radius 2 is 1.97 bits per heavy atom. The number of nitrogens with one attached hydrogen (secondary N) is 1. The monoisotopic (exact) mass is 400 g/mol. The largest absolute Gasteiger partial charge is 0.466 e. The lowest BCUT2D eigenvalue weighted by molar-refractivity contribution is -0.161. The van der Waals surface area contributed by atoms with Crippen LogP contribution in [-0.4, -0.2) is 47.6 Å². The van der Waals surface area contributed by atoms with Crippen LogP contribution >= 0.6 is 0 Å². The van der Waals surface area contributed by atoms with E-state index in [-0.39, 0.29) is 25.0 Å². The number of rotatable bonds is 6. The topological polar surface area (TPSA) is 92.0 Å². The molecule has 2 heterocycles. The number of hydrogen-bond acceptors (Lipinski definition) is 5. The molecular weight excluding hydrogens is 372 g/mol. The number of nitrogens with zero attached hydrogens (tertiary/aromatic N) is 1. The fraction of sp³-hybridized carbons (Fsp3) is 0.455. The fourth-order valence-electron chi connectivity index (χ4n) is 3.66. The van der Waals surface area contributed by atoms with E-state index in [9.17, 15) is 14.7 Å². The lowest BCUT2D eigenvalue weighted by Crippen LogP contribution is -2.53. The van der Waals surface area contributed by atoms with Crippen LogP contribution in [0.15, 0.2) is 34.7 Å². The zero-order chi connectivity index (χ0) is 21.1. The summed E-state index contributed by atoms with van der Waals surface area (Å²) in [5.74, 6) is 1.21. The average molecular weight is 400 g/mol. The first kappa shape index (κ1) is 21.1. The van der Waals surface area contributed by atoms with Crippen LogP contribution in [0.4, 0.5) is 5.69 Å². The number of morpholine rings is 1. The quantitative estimate of drug-likeness (QED) is 0.778. The summed E-state index contributed by atoms with van der Waals surface area (Å²) in [6.45, 7) is 8.01. The number of aliphatic hydroxyl groups is 1. The molecule has 7 heteroatoms. The molecule has 1 aliphatic rings. The van der Waals surface area contributed by atoms with Gasteiger partial charge in [0, 0.05) is 12.2 Å². The molecule has 0 saturated carbocycles. The highest BCUT2D eigenvalue weighted by atomic mass is 16.5. The minimum atomic E-state index is -0.435. The van der Waals surface area contributed by atoms with Crippen molar-refractivity contribution in [2.75, 3.05) is 25.1 Å². The Morgan fingerprint density at radius 1 is 1.28 bits per heavy atom. The minimum absolute atomic E-state index is 0.00844. The highest BCUT2D eigenvalue weighted by molar-refractivity contribution is 6.05. The van der Waals surface area contributed by atoms with Gasteiger partial charge in [-0.3, -0.25) is 9.59 Å². The maximum Gasteiger partial charge on any atom is 0.259 e. The normalized spacial score (nSPS) is 19.7. The molecule has 3 rings (SSSR count). The summed E-state index contributed by atoms with van der Waals surface area (Å²) in [6, 6.07) is 8.55. The third-order valence-corrected chi connectivity index (χ3v) is 4.99. The molecule has 0 bridgehead atoms. The van der Waals surface area contributed by atoms with Gasteiger partial charge < -0.3 is 24.5 Å². The molecule has 2 aromatic rings. The molecule has 1 aromatic heterocycles. The number of furan rings is 1. The summed E-state index contributed by atoms with van der Waals surface area (Å²) < 4.78 is 11.2. The minimum Gasteiger partial charge on any atom is -0.466 e. The van der Waals surface area contributed by atoms with Crippen molar-refractivity contribution in [3.63, 3.8) is 0 Å². The first-order valence-electron chi connectivity index (χ1n) is 9.80. The van der Waals surface area contributed by atoms with E-state index >= 15 is 0 Å². The summed E-state index contributed by atoms with van der Waals surface area (Å²) >= 11 is 0. The van der Waals surface area contributed by atoms with E-state index in [0.29, 0.717) is 35.2 Å². The molecule has 1 saturated heterocycles. The number of benzene rings is 1. The van der Waals surface area contributed by atoms with Crippen LogP contribution in [-0.2, 0) is 9.53 Å². The van der Waals surface area contributed by atoms with Crippen molar-refractivity contribution < 1.29 is 23.8 Å². The van der Waals surface area contributed by atoms with Gasteiger partial charge in [0.2, 0.25) is 5.91 Å². The number of aliphatic hydroxyl groups excluding tert-OH is 1.